The molecule has 0 radical (unpaired) electrons. The number of rotatable bonds is 4. The highest BCUT2D eigenvalue weighted by Gasteiger charge is 2.05. The molecule has 0 amide bonds. The molecule has 0 saturated heterocycles. The molecule has 0 atom stereocenters. The van der Waals surface area contributed by atoms with Crippen LogP contribution in [0.3, 0.4) is 0 Å². The van der Waals surface area contributed by atoms with Gasteiger partial charge in [0.25, 0.3) is 0 Å². The Balaban J connectivity index is 1.69. The van der Waals surface area contributed by atoms with E-state index in [2.05, 4.69) is 15.4 Å². The lowest BCUT2D eigenvalue weighted by Crippen LogP contribution is -2.06. The minimum Gasteiger partial charge on any atom is -0.382 e. The van der Waals surface area contributed by atoms with Crippen LogP contribution in [0.1, 0.15) is 5.56 Å². The molecule has 0 fully saturated rings. The van der Waals surface area contributed by atoms with Crippen molar-refractivity contribution in [2.75, 3.05) is 17.6 Å². The first-order valence-corrected chi connectivity index (χ1v) is 6.69. The van der Waals surface area contributed by atoms with Crippen LogP contribution >= 0.6 is 11.6 Å². The number of pyridine rings is 1. The third-order valence-electron chi connectivity index (χ3n) is 3.02. The summed E-state index contributed by atoms with van der Waals surface area (Å²) in [5.74, 6) is 0.275. The van der Waals surface area contributed by atoms with Crippen LogP contribution in [0.2, 0.25) is 5.02 Å². The number of fused-ring (bicyclic) bond motifs is 1. The first-order valence-electron chi connectivity index (χ1n) is 6.31. The molecule has 0 aliphatic rings. The zero-order valence-corrected chi connectivity index (χ0v) is 11.5. The summed E-state index contributed by atoms with van der Waals surface area (Å²) < 4.78 is 1.67. The van der Waals surface area contributed by atoms with E-state index in [9.17, 15) is 0 Å². The molecule has 0 spiro atoms. The van der Waals surface area contributed by atoms with Gasteiger partial charge in [-0.3, -0.25) is 0 Å². The second kappa shape index (κ2) is 5.38. The molecule has 3 rings (SSSR count). The van der Waals surface area contributed by atoms with Crippen molar-refractivity contribution in [2.24, 2.45) is 0 Å². The fraction of sp³-hybridized carbons (Fsp3) is 0.143. The number of nitrogen functional groups attached to an aromatic ring is 1. The van der Waals surface area contributed by atoms with Crippen molar-refractivity contribution in [1.82, 2.24) is 14.6 Å². The molecular formula is C14H14ClN5. The van der Waals surface area contributed by atoms with Gasteiger partial charge >= 0.3 is 0 Å². The number of nitrogens with zero attached hydrogens (tertiary/aromatic N) is 3. The zero-order valence-electron chi connectivity index (χ0n) is 10.8. The highest BCUT2D eigenvalue weighted by atomic mass is 35.5. The Kier molecular flexibility index (Phi) is 3.43. The van der Waals surface area contributed by atoms with Gasteiger partial charge in [-0.1, -0.05) is 23.7 Å². The minimum absolute atomic E-state index is 0.275. The molecule has 5 nitrogen and oxygen atoms in total. The van der Waals surface area contributed by atoms with Crippen molar-refractivity contribution in [3.05, 3.63) is 53.2 Å². The van der Waals surface area contributed by atoms with Crippen molar-refractivity contribution < 1.29 is 0 Å². The normalized spacial score (nSPS) is 10.8. The van der Waals surface area contributed by atoms with Crippen LogP contribution in [0, 0.1) is 0 Å². The summed E-state index contributed by atoms with van der Waals surface area (Å²) in [7, 11) is 0. The Bertz CT molecular complexity index is 720. The van der Waals surface area contributed by atoms with E-state index >= 15 is 0 Å². The van der Waals surface area contributed by atoms with Crippen molar-refractivity contribution in [3.8, 4) is 0 Å². The minimum atomic E-state index is 0.275. The molecule has 3 N–H and O–H groups in total. The Labute approximate surface area is 121 Å². The fourth-order valence-electron chi connectivity index (χ4n) is 2.05. The first-order chi connectivity index (χ1) is 9.72. The number of hydrogen-bond donors (Lipinski definition) is 2. The number of halogens is 1. The van der Waals surface area contributed by atoms with Crippen molar-refractivity contribution >= 4 is 28.9 Å². The summed E-state index contributed by atoms with van der Waals surface area (Å²) in [5.41, 5.74) is 8.50. The van der Waals surface area contributed by atoms with Crippen LogP contribution in [-0.4, -0.2) is 21.1 Å². The van der Waals surface area contributed by atoms with Crippen LogP contribution in [0.5, 0.6) is 0 Å². The lowest BCUT2D eigenvalue weighted by molar-refractivity contribution is 0.961. The van der Waals surface area contributed by atoms with Crippen molar-refractivity contribution in [1.29, 1.82) is 0 Å². The quantitative estimate of drug-likeness (QED) is 0.774. The number of nitrogens with two attached hydrogens (primary N) is 1. The van der Waals surface area contributed by atoms with Gasteiger partial charge in [0.1, 0.15) is 0 Å². The average molecular weight is 288 g/mol. The third-order valence-corrected chi connectivity index (χ3v) is 3.27. The van der Waals surface area contributed by atoms with Crippen LogP contribution in [0.25, 0.3) is 5.65 Å². The second-order valence-electron chi connectivity index (χ2n) is 4.46. The smallest absolute Gasteiger partial charge is 0.240 e. The predicted molar refractivity (Wildman–Crippen MR) is 81.0 cm³/mol. The van der Waals surface area contributed by atoms with E-state index in [1.807, 2.05) is 42.6 Å². The van der Waals surface area contributed by atoms with E-state index in [1.54, 1.807) is 4.52 Å². The van der Waals surface area contributed by atoms with Gasteiger partial charge in [0.15, 0.2) is 5.65 Å². The molecular weight excluding hydrogens is 274 g/mol. The fourth-order valence-corrected chi connectivity index (χ4v) is 2.18. The standard InChI is InChI=1S/C14H14ClN5/c15-11-5-3-10(4-6-11)7-8-17-12-2-1-9-20-13(12)18-14(16)19-20/h1-6,9,17H,7-8H2,(H2,16,19). The summed E-state index contributed by atoms with van der Waals surface area (Å²) in [4.78, 5) is 4.20. The summed E-state index contributed by atoms with van der Waals surface area (Å²) in [6.07, 6.45) is 2.73. The van der Waals surface area contributed by atoms with Gasteiger partial charge in [0.05, 0.1) is 5.69 Å². The summed E-state index contributed by atoms with van der Waals surface area (Å²) in [6.45, 7) is 0.800. The Morgan fingerprint density at radius 1 is 1.20 bits per heavy atom. The summed E-state index contributed by atoms with van der Waals surface area (Å²) in [6, 6.07) is 11.7. The molecule has 6 heteroatoms. The summed E-state index contributed by atoms with van der Waals surface area (Å²) >= 11 is 5.86. The maximum absolute atomic E-state index is 5.86. The van der Waals surface area contributed by atoms with E-state index in [-0.39, 0.29) is 5.95 Å². The Morgan fingerprint density at radius 3 is 2.80 bits per heavy atom. The molecule has 2 aromatic heterocycles. The van der Waals surface area contributed by atoms with Gasteiger partial charge in [-0.15, -0.1) is 5.10 Å². The van der Waals surface area contributed by atoms with E-state index in [0.29, 0.717) is 0 Å². The van der Waals surface area contributed by atoms with Gasteiger partial charge in [0.2, 0.25) is 5.95 Å². The Hall–Kier alpha value is -2.27. The number of aromatic nitrogens is 3. The molecule has 0 aliphatic heterocycles. The van der Waals surface area contributed by atoms with E-state index in [0.717, 1.165) is 29.3 Å². The number of nitrogens with one attached hydrogen (secondary N) is 1. The van der Waals surface area contributed by atoms with Gasteiger partial charge in [0, 0.05) is 17.8 Å². The molecule has 20 heavy (non-hydrogen) atoms. The molecule has 3 aromatic rings. The van der Waals surface area contributed by atoms with Crippen molar-refractivity contribution in [2.45, 2.75) is 6.42 Å². The summed E-state index contributed by atoms with van der Waals surface area (Å²) in [5, 5.41) is 8.19. The average Bonchev–Trinajstić information content (AvgIpc) is 2.82. The number of anilines is 2. The van der Waals surface area contributed by atoms with E-state index < -0.39 is 0 Å². The van der Waals surface area contributed by atoms with Crippen LogP contribution in [0.4, 0.5) is 11.6 Å². The van der Waals surface area contributed by atoms with Gasteiger partial charge in [-0.05, 0) is 36.2 Å². The third kappa shape index (κ3) is 2.67. The highest BCUT2D eigenvalue weighted by Crippen LogP contribution is 2.15. The molecule has 102 valence electrons. The highest BCUT2D eigenvalue weighted by molar-refractivity contribution is 6.30. The first kappa shape index (κ1) is 12.7. The molecule has 1 aromatic carbocycles. The second-order valence-corrected chi connectivity index (χ2v) is 4.90. The van der Waals surface area contributed by atoms with Gasteiger partial charge in [-0.25, -0.2) is 4.52 Å². The van der Waals surface area contributed by atoms with Gasteiger partial charge < -0.3 is 11.1 Å². The number of benzene rings is 1. The maximum atomic E-state index is 5.86. The largest absolute Gasteiger partial charge is 0.382 e. The Morgan fingerprint density at radius 2 is 2.00 bits per heavy atom. The SMILES string of the molecule is Nc1nc2c(NCCc3ccc(Cl)cc3)cccn2n1. The molecule has 0 unspecified atom stereocenters. The molecule has 0 aliphatic carbocycles. The lowest BCUT2D eigenvalue weighted by Gasteiger charge is -2.07. The number of hydrogen-bond acceptors (Lipinski definition) is 4. The van der Waals surface area contributed by atoms with Crippen LogP contribution in [0.15, 0.2) is 42.6 Å². The topological polar surface area (TPSA) is 68.2 Å². The molecule has 0 bridgehead atoms. The van der Waals surface area contributed by atoms with Gasteiger partial charge in [-0.2, -0.15) is 4.98 Å². The zero-order chi connectivity index (χ0) is 13.9. The lowest BCUT2D eigenvalue weighted by atomic mass is 10.1. The van der Waals surface area contributed by atoms with Crippen LogP contribution < -0.4 is 11.1 Å². The maximum Gasteiger partial charge on any atom is 0.240 e. The molecule has 2 heterocycles. The molecule has 0 saturated carbocycles. The van der Waals surface area contributed by atoms with E-state index in [1.165, 1.54) is 5.56 Å². The predicted octanol–water partition coefficient (Wildman–Crippen LogP) is 2.62. The van der Waals surface area contributed by atoms with Crippen LogP contribution in [-0.2, 0) is 6.42 Å². The van der Waals surface area contributed by atoms with E-state index in [4.69, 9.17) is 17.3 Å². The monoisotopic (exact) mass is 287 g/mol. The van der Waals surface area contributed by atoms with Crippen molar-refractivity contribution in [3.63, 3.8) is 0 Å².